The van der Waals surface area contributed by atoms with Gasteiger partial charge in [0.1, 0.15) is 0 Å². The molecule has 0 unspecified atom stereocenters. The Bertz CT molecular complexity index is 557. The zero-order chi connectivity index (χ0) is 13.2. The smallest absolute Gasteiger partial charge is 0.246 e. The first-order valence-electron chi connectivity index (χ1n) is 6.47. The number of nitrogen functional groups attached to an aromatic ring is 1. The molecular formula is C13H16ClN5. The molecule has 1 aliphatic rings. The number of benzene rings is 1. The van der Waals surface area contributed by atoms with Crippen LogP contribution >= 0.6 is 11.6 Å². The molecule has 2 aromatic rings. The molecule has 0 spiro atoms. The van der Waals surface area contributed by atoms with Gasteiger partial charge in [-0.3, -0.25) is 0 Å². The highest BCUT2D eigenvalue weighted by atomic mass is 35.5. The summed E-state index contributed by atoms with van der Waals surface area (Å²) in [6.07, 6.45) is 3.66. The lowest BCUT2D eigenvalue weighted by Gasteiger charge is -2.24. The van der Waals surface area contributed by atoms with Crippen molar-refractivity contribution in [3.8, 4) is 5.69 Å². The van der Waals surface area contributed by atoms with Crippen molar-refractivity contribution in [2.75, 3.05) is 23.7 Å². The van der Waals surface area contributed by atoms with Crippen molar-refractivity contribution in [3.63, 3.8) is 0 Å². The highest BCUT2D eigenvalue weighted by Crippen LogP contribution is 2.20. The fraction of sp³-hybridized carbons (Fsp3) is 0.385. The molecule has 0 radical (unpaired) electrons. The van der Waals surface area contributed by atoms with Gasteiger partial charge in [-0.15, -0.1) is 5.10 Å². The van der Waals surface area contributed by atoms with Gasteiger partial charge in [0.2, 0.25) is 11.9 Å². The van der Waals surface area contributed by atoms with Crippen LogP contribution in [0.3, 0.4) is 0 Å². The second-order valence-corrected chi connectivity index (χ2v) is 5.14. The third-order valence-corrected chi connectivity index (χ3v) is 3.58. The standard InChI is InChI=1S/C13H16ClN5/c14-10-4-6-11(7-5-10)19-12(15)16-13(17-19)18-8-2-1-3-9-18/h4-7H,1-3,8-9H2,(H2,15,16,17). The molecule has 0 amide bonds. The number of hydrogen-bond acceptors (Lipinski definition) is 4. The number of anilines is 2. The van der Waals surface area contributed by atoms with E-state index in [0.717, 1.165) is 18.8 Å². The summed E-state index contributed by atoms with van der Waals surface area (Å²) in [6, 6.07) is 7.40. The van der Waals surface area contributed by atoms with Gasteiger partial charge in [-0.25, -0.2) is 0 Å². The van der Waals surface area contributed by atoms with E-state index in [1.165, 1.54) is 19.3 Å². The second kappa shape index (κ2) is 5.09. The zero-order valence-electron chi connectivity index (χ0n) is 10.6. The largest absolute Gasteiger partial charge is 0.368 e. The first-order valence-corrected chi connectivity index (χ1v) is 6.85. The molecule has 2 heterocycles. The van der Waals surface area contributed by atoms with Crippen LogP contribution in [0.25, 0.3) is 5.69 Å². The van der Waals surface area contributed by atoms with Crippen molar-refractivity contribution in [3.05, 3.63) is 29.3 Å². The summed E-state index contributed by atoms with van der Waals surface area (Å²) in [4.78, 5) is 6.54. The second-order valence-electron chi connectivity index (χ2n) is 4.71. The number of halogens is 1. The summed E-state index contributed by atoms with van der Waals surface area (Å²) in [7, 11) is 0. The lowest BCUT2D eigenvalue weighted by atomic mass is 10.1. The van der Waals surface area contributed by atoms with Crippen LogP contribution in [0.5, 0.6) is 0 Å². The van der Waals surface area contributed by atoms with E-state index in [0.29, 0.717) is 16.9 Å². The molecule has 19 heavy (non-hydrogen) atoms. The van der Waals surface area contributed by atoms with E-state index in [1.54, 1.807) is 4.68 Å². The van der Waals surface area contributed by atoms with Gasteiger partial charge >= 0.3 is 0 Å². The summed E-state index contributed by atoms with van der Waals surface area (Å²) < 4.78 is 1.65. The minimum atomic E-state index is 0.405. The zero-order valence-corrected chi connectivity index (χ0v) is 11.3. The topological polar surface area (TPSA) is 60.0 Å². The van der Waals surface area contributed by atoms with Crippen molar-refractivity contribution in [2.45, 2.75) is 19.3 Å². The predicted molar refractivity (Wildman–Crippen MR) is 76.8 cm³/mol. The molecule has 3 rings (SSSR count). The number of piperidine rings is 1. The first kappa shape index (κ1) is 12.3. The Morgan fingerprint density at radius 2 is 1.74 bits per heavy atom. The van der Waals surface area contributed by atoms with E-state index in [2.05, 4.69) is 15.0 Å². The monoisotopic (exact) mass is 277 g/mol. The molecule has 1 fully saturated rings. The predicted octanol–water partition coefficient (Wildman–Crippen LogP) is 2.49. The van der Waals surface area contributed by atoms with E-state index in [-0.39, 0.29) is 0 Å². The lowest BCUT2D eigenvalue weighted by Crippen LogP contribution is -2.30. The van der Waals surface area contributed by atoms with Crippen LogP contribution in [0, 0.1) is 0 Å². The van der Waals surface area contributed by atoms with E-state index in [4.69, 9.17) is 17.3 Å². The van der Waals surface area contributed by atoms with Crippen molar-refractivity contribution >= 4 is 23.5 Å². The Kier molecular flexibility index (Phi) is 3.29. The summed E-state index contributed by atoms with van der Waals surface area (Å²) in [5, 5.41) is 5.19. The van der Waals surface area contributed by atoms with Crippen LogP contribution in [0.1, 0.15) is 19.3 Å². The maximum atomic E-state index is 5.95. The third kappa shape index (κ3) is 2.51. The average molecular weight is 278 g/mol. The Morgan fingerprint density at radius 3 is 2.42 bits per heavy atom. The molecule has 1 saturated heterocycles. The van der Waals surface area contributed by atoms with Crippen molar-refractivity contribution in [1.82, 2.24) is 14.8 Å². The van der Waals surface area contributed by atoms with Crippen LogP contribution in [0.15, 0.2) is 24.3 Å². The Hall–Kier alpha value is -1.75. The number of rotatable bonds is 2. The van der Waals surface area contributed by atoms with Gasteiger partial charge in [0.15, 0.2) is 0 Å². The lowest BCUT2D eigenvalue weighted by molar-refractivity contribution is 0.568. The summed E-state index contributed by atoms with van der Waals surface area (Å²) in [6.45, 7) is 2.01. The number of hydrogen-bond donors (Lipinski definition) is 1. The number of nitrogens with two attached hydrogens (primary N) is 1. The van der Waals surface area contributed by atoms with Gasteiger partial charge in [-0.05, 0) is 43.5 Å². The number of nitrogens with zero attached hydrogens (tertiary/aromatic N) is 4. The highest BCUT2D eigenvalue weighted by molar-refractivity contribution is 6.30. The molecule has 0 bridgehead atoms. The average Bonchev–Trinajstić information content (AvgIpc) is 2.83. The minimum Gasteiger partial charge on any atom is -0.368 e. The molecule has 1 aliphatic heterocycles. The van der Waals surface area contributed by atoms with Crippen molar-refractivity contribution in [1.29, 1.82) is 0 Å². The molecule has 0 atom stereocenters. The van der Waals surface area contributed by atoms with Crippen LogP contribution in [-0.4, -0.2) is 27.9 Å². The summed E-state index contributed by atoms with van der Waals surface area (Å²) in [5.41, 5.74) is 6.82. The number of aromatic nitrogens is 3. The fourth-order valence-electron chi connectivity index (χ4n) is 2.31. The van der Waals surface area contributed by atoms with Gasteiger partial charge < -0.3 is 10.6 Å². The fourth-order valence-corrected chi connectivity index (χ4v) is 2.44. The molecule has 0 saturated carbocycles. The third-order valence-electron chi connectivity index (χ3n) is 3.33. The van der Waals surface area contributed by atoms with Crippen molar-refractivity contribution < 1.29 is 0 Å². The normalized spacial score (nSPS) is 15.7. The van der Waals surface area contributed by atoms with E-state index in [1.807, 2.05) is 24.3 Å². The molecule has 6 heteroatoms. The van der Waals surface area contributed by atoms with Gasteiger partial charge in [0.05, 0.1) is 5.69 Å². The maximum Gasteiger partial charge on any atom is 0.246 e. The molecule has 100 valence electrons. The Labute approximate surface area is 117 Å². The molecule has 5 nitrogen and oxygen atoms in total. The summed E-state index contributed by atoms with van der Waals surface area (Å²) >= 11 is 5.88. The van der Waals surface area contributed by atoms with E-state index < -0.39 is 0 Å². The van der Waals surface area contributed by atoms with E-state index >= 15 is 0 Å². The molecule has 1 aromatic carbocycles. The molecule has 2 N–H and O–H groups in total. The summed E-state index contributed by atoms with van der Waals surface area (Å²) in [5.74, 6) is 1.12. The van der Waals surface area contributed by atoms with Crippen molar-refractivity contribution in [2.24, 2.45) is 0 Å². The van der Waals surface area contributed by atoms with Gasteiger partial charge in [-0.1, -0.05) is 11.6 Å². The van der Waals surface area contributed by atoms with Crippen LogP contribution in [0.4, 0.5) is 11.9 Å². The highest BCUT2D eigenvalue weighted by Gasteiger charge is 2.17. The van der Waals surface area contributed by atoms with E-state index in [9.17, 15) is 0 Å². The minimum absolute atomic E-state index is 0.405. The molecule has 0 aliphatic carbocycles. The first-order chi connectivity index (χ1) is 9.24. The maximum absolute atomic E-state index is 5.95. The SMILES string of the molecule is Nc1nc(N2CCCCC2)nn1-c1ccc(Cl)cc1. The van der Waals surface area contributed by atoms with Crippen LogP contribution in [-0.2, 0) is 0 Å². The molecule has 1 aromatic heterocycles. The Morgan fingerprint density at radius 1 is 1.05 bits per heavy atom. The van der Waals surface area contributed by atoms with Gasteiger partial charge in [-0.2, -0.15) is 9.67 Å². The quantitative estimate of drug-likeness (QED) is 0.916. The van der Waals surface area contributed by atoms with Crippen LogP contribution < -0.4 is 10.6 Å². The Balaban J connectivity index is 1.90. The van der Waals surface area contributed by atoms with Gasteiger partial charge in [0, 0.05) is 18.1 Å². The van der Waals surface area contributed by atoms with Gasteiger partial charge in [0.25, 0.3) is 0 Å². The molecular weight excluding hydrogens is 262 g/mol. The van der Waals surface area contributed by atoms with Crippen LogP contribution in [0.2, 0.25) is 5.02 Å².